The van der Waals surface area contributed by atoms with Gasteiger partial charge in [-0.1, -0.05) is 6.42 Å². The smallest absolute Gasteiger partial charge is 0.261 e. The zero-order chi connectivity index (χ0) is 16.1. The van der Waals surface area contributed by atoms with Gasteiger partial charge in [0.2, 0.25) is 0 Å². The topological polar surface area (TPSA) is 42.0 Å². The Morgan fingerprint density at radius 2 is 2.13 bits per heavy atom. The summed E-state index contributed by atoms with van der Waals surface area (Å²) in [6.45, 7) is 2.79. The minimum atomic E-state index is 0.105. The molecular formula is C18H24N2OS2. The standard InChI is InChI=1S/C18H24N2OS2/c1-13-12-22-17(20-13)9-5-6-10-19-18(21)16-11-14-7-3-2-4-8-15(14)23-16/h11-12H,2-10H2,1H3,(H,19,21). The lowest BCUT2D eigenvalue weighted by molar-refractivity contribution is 0.0957. The van der Waals surface area contributed by atoms with E-state index in [0.29, 0.717) is 0 Å². The third-order valence-electron chi connectivity index (χ3n) is 4.24. The summed E-state index contributed by atoms with van der Waals surface area (Å²) in [5.74, 6) is 0.105. The number of unbranched alkanes of at least 4 members (excludes halogenated alkanes) is 1. The summed E-state index contributed by atoms with van der Waals surface area (Å²) in [4.78, 5) is 19.1. The Morgan fingerprint density at radius 3 is 2.96 bits per heavy atom. The second-order valence-corrected chi connectivity index (χ2v) is 8.29. The van der Waals surface area contributed by atoms with E-state index >= 15 is 0 Å². The molecule has 0 spiro atoms. The van der Waals surface area contributed by atoms with Crippen LogP contribution in [0.1, 0.15) is 62.9 Å². The minimum Gasteiger partial charge on any atom is -0.351 e. The predicted molar refractivity (Wildman–Crippen MR) is 97.7 cm³/mol. The number of aromatic nitrogens is 1. The molecule has 0 aliphatic heterocycles. The summed E-state index contributed by atoms with van der Waals surface area (Å²) in [5.41, 5.74) is 2.52. The third-order valence-corrected chi connectivity index (χ3v) is 6.50. The average molecular weight is 349 g/mol. The number of carbonyl (C=O) groups excluding carboxylic acids is 1. The summed E-state index contributed by atoms with van der Waals surface area (Å²) in [5, 5.41) is 6.37. The number of aryl methyl sites for hydroxylation is 4. The molecule has 1 N–H and O–H groups in total. The summed E-state index contributed by atoms with van der Waals surface area (Å²) >= 11 is 3.43. The second-order valence-electron chi connectivity index (χ2n) is 6.22. The van der Waals surface area contributed by atoms with Crippen LogP contribution in [0.3, 0.4) is 0 Å². The highest BCUT2D eigenvalue weighted by Crippen LogP contribution is 2.28. The van der Waals surface area contributed by atoms with Gasteiger partial charge in [0.25, 0.3) is 5.91 Å². The van der Waals surface area contributed by atoms with Gasteiger partial charge in [-0.05, 0) is 63.5 Å². The van der Waals surface area contributed by atoms with Crippen LogP contribution in [0.5, 0.6) is 0 Å². The molecular weight excluding hydrogens is 324 g/mol. The molecule has 0 radical (unpaired) electrons. The molecule has 0 atom stereocenters. The zero-order valence-electron chi connectivity index (χ0n) is 13.7. The van der Waals surface area contributed by atoms with Gasteiger partial charge in [-0.15, -0.1) is 22.7 Å². The molecule has 1 aliphatic carbocycles. The molecule has 0 aromatic carbocycles. The van der Waals surface area contributed by atoms with Crippen LogP contribution in [0.15, 0.2) is 11.4 Å². The van der Waals surface area contributed by atoms with Crippen LogP contribution >= 0.6 is 22.7 Å². The first-order valence-corrected chi connectivity index (χ1v) is 10.2. The van der Waals surface area contributed by atoms with Gasteiger partial charge in [-0.25, -0.2) is 4.98 Å². The predicted octanol–water partition coefficient (Wildman–Crippen LogP) is 4.53. The molecule has 3 nitrogen and oxygen atoms in total. The highest BCUT2D eigenvalue weighted by molar-refractivity contribution is 7.14. The van der Waals surface area contributed by atoms with Gasteiger partial charge < -0.3 is 5.32 Å². The fourth-order valence-corrected chi connectivity index (χ4v) is 4.98. The van der Waals surface area contributed by atoms with Gasteiger partial charge in [-0.2, -0.15) is 0 Å². The van der Waals surface area contributed by atoms with Gasteiger partial charge in [0.05, 0.1) is 9.88 Å². The molecule has 1 aliphatic rings. The Hall–Kier alpha value is -1.20. The number of nitrogens with one attached hydrogen (secondary N) is 1. The van der Waals surface area contributed by atoms with E-state index in [-0.39, 0.29) is 5.91 Å². The summed E-state index contributed by atoms with van der Waals surface area (Å²) in [6.07, 6.45) is 9.26. The Kier molecular flexibility index (Phi) is 5.84. The van der Waals surface area contributed by atoms with E-state index in [4.69, 9.17) is 0 Å². The maximum Gasteiger partial charge on any atom is 0.261 e. The normalized spacial score (nSPS) is 14.3. The maximum atomic E-state index is 12.3. The highest BCUT2D eigenvalue weighted by atomic mass is 32.1. The van der Waals surface area contributed by atoms with Crippen LogP contribution in [0.2, 0.25) is 0 Å². The van der Waals surface area contributed by atoms with Crippen molar-refractivity contribution >= 4 is 28.6 Å². The number of hydrogen-bond donors (Lipinski definition) is 1. The van der Waals surface area contributed by atoms with Crippen molar-refractivity contribution in [1.82, 2.24) is 10.3 Å². The molecule has 3 rings (SSSR count). The van der Waals surface area contributed by atoms with Gasteiger partial charge in [0.1, 0.15) is 0 Å². The van der Waals surface area contributed by atoms with Crippen molar-refractivity contribution in [3.63, 3.8) is 0 Å². The van der Waals surface area contributed by atoms with Crippen molar-refractivity contribution in [2.24, 2.45) is 0 Å². The first kappa shape index (κ1) is 16.7. The molecule has 5 heteroatoms. The third kappa shape index (κ3) is 4.64. The van der Waals surface area contributed by atoms with Gasteiger partial charge in [0.15, 0.2) is 0 Å². The van der Waals surface area contributed by atoms with Crippen molar-refractivity contribution in [3.05, 3.63) is 37.5 Å². The largest absolute Gasteiger partial charge is 0.351 e. The number of fused-ring (bicyclic) bond motifs is 1. The Bertz CT molecular complexity index is 636. The van der Waals surface area contributed by atoms with Crippen molar-refractivity contribution in [3.8, 4) is 0 Å². The lowest BCUT2D eigenvalue weighted by Gasteiger charge is -2.03. The first-order valence-electron chi connectivity index (χ1n) is 8.53. The number of nitrogens with zero attached hydrogens (tertiary/aromatic N) is 1. The summed E-state index contributed by atoms with van der Waals surface area (Å²) in [6, 6.07) is 2.12. The van der Waals surface area contributed by atoms with E-state index in [2.05, 4.69) is 21.7 Å². The maximum absolute atomic E-state index is 12.3. The van der Waals surface area contributed by atoms with Crippen LogP contribution in [0, 0.1) is 6.92 Å². The molecule has 0 bridgehead atoms. The Balaban J connectivity index is 1.41. The van der Waals surface area contributed by atoms with Crippen LogP contribution in [0.4, 0.5) is 0 Å². The fraction of sp³-hybridized carbons (Fsp3) is 0.556. The SMILES string of the molecule is Cc1csc(CCCCNC(=O)c2cc3c(s2)CCCCC3)n1. The number of amides is 1. The van der Waals surface area contributed by atoms with Gasteiger partial charge >= 0.3 is 0 Å². The quantitative estimate of drug-likeness (QED) is 0.615. The molecule has 124 valence electrons. The van der Waals surface area contributed by atoms with Crippen LogP contribution < -0.4 is 5.32 Å². The van der Waals surface area contributed by atoms with E-state index in [1.165, 1.54) is 34.7 Å². The second kappa shape index (κ2) is 8.06. The summed E-state index contributed by atoms with van der Waals surface area (Å²) in [7, 11) is 0. The van der Waals surface area contributed by atoms with Crippen molar-refractivity contribution in [2.75, 3.05) is 6.54 Å². The van der Waals surface area contributed by atoms with Crippen molar-refractivity contribution < 1.29 is 4.79 Å². The lowest BCUT2D eigenvalue weighted by Crippen LogP contribution is -2.23. The molecule has 0 unspecified atom stereocenters. The van der Waals surface area contributed by atoms with E-state index in [1.807, 2.05) is 6.92 Å². The zero-order valence-corrected chi connectivity index (χ0v) is 15.3. The van der Waals surface area contributed by atoms with Crippen LogP contribution in [0.25, 0.3) is 0 Å². The first-order chi connectivity index (χ1) is 11.2. The minimum absolute atomic E-state index is 0.105. The lowest BCUT2D eigenvalue weighted by atomic mass is 10.1. The fourth-order valence-electron chi connectivity index (χ4n) is 2.99. The molecule has 2 aromatic rings. The van der Waals surface area contributed by atoms with Crippen molar-refractivity contribution in [2.45, 2.75) is 58.3 Å². The highest BCUT2D eigenvalue weighted by Gasteiger charge is 2.16. The van der Waals surface area contributed by atoms with E-state index in [9.17, 15) is 4.79 Å². The number of thiophene rings is 1. The molecule has 1 amide bonds. The summed E-state index contributed by atoms with van der Waals surface area (Å²) < 4.78 is 0. The monoisotopic (exact) mass is 348 g/mol. The van der Waals surface area contributed by atoms with E-state index in [1.54, 1.807) is 22.7 Å². The number of thiazole rings is 1. The Morgan fingerprint density at radius 1 is 1.26 bits per heavy atom. The molecule has 0 fully saturated rings. The van der Waals surface area contributed by atoms with E-state index in [0.717, 1.165) is 49.2 Å². The molecule has 2 heterocycles. The number of carbonyl (C=O) groups is 1. The number of hydrogen-bond acceptors (Lipinski definition) is 4. The molecule has 0 saturated carbocycles. The van der Waals surface area contributed by atoms with Gasteiger partial charge in [0, 0.05) is 22.5 Å². The molecule has 2 aromatic heterocycles. The van der Waals surface area contributed by atoms with Crippen molar-refractivity contribution in [1.29, 1.82) is 0 Å². The Labute approximate surface area is 146 Å². The molecule has 0 saturated heterocycles. The van der Waals surface area contributed by atoms with Gasteiger partial charge in [-0.3, -0.25) is 4.79 Å². The molecule has 23 heavy (non-hydrogen) atoms. The van der Waals surface area contributed by atoms with E-state index < -0.39 is 0 Å². The average Bonchev–Trinajstić information content (AvgIpc) is 3.07. The van der Waals surface area contributed by atoms with Crippen LogP contribution in [-0.4, -0.2) is 17.4 Å². The number of rotatable bonds is 6. The van der Waals surface area contributed by atoms with Crippen LogP contribution in [-0.2, 0) is 19.3 Å².